The average Bonchev–Trinajstić information content (AvgIpc) is 3.18. The molecular formula is C21H18ClN3OS. The number of halogens is 1. The fourth-order valence-electron chi connectivity index (χ4n) is 3.32. The molecule has 0 spiro atoms. The highest BCUT2D eigenvalue weighted by molar-refractivity contribution is 7.71. The Labute approximate surface area is 167 Å². The van der Waals surface area contributed by atoms with Gasteiger partial charge >= 0.3 is 0 Å². The SMILES string of the molecule is CCc1cccc2c1N=CC2=Cc1c(O)n(-c2ccc(Cl)cc2)c(=S)n1C. The van der Waals surface area contributed by atoms with Crippen LogP contribution in [0.15, 0.2) is 47.5 Å². The second kappa shape index (κ2) is 6.83. The van der Waals surface area contributed by atoms with E-state index in [1.54, 1.807) is 21.3 Å². The van der Waals surface area contributed by atoms with Crippen molar-refractivity contribution in [3.8, 4) is 11.6 Å². The Morgan fingerprint density at radius 2 is 1.93 bits per heavy atom. The van der Waals surface area contributed by atoms with Crippen molar-refractivity contribution in [2.75, 3.05) is 0 Å². The van der Waals surface area contributed by atoms with Gasteiger partial charge in [0.05, 0.1) is 11.4 Å². The van der Waals surface area contributed by atoms with Gasteiger partial charge in [0.15, 0.2) is 4.77 Å². The molecule has 0 aliphatic carbocycles. The molecule has 0 radical (unpaired) electrons. The Morgan fingerprint density at radius 1 is 1.19 bits per heavy atom. The zero-order valence-electron chi connectivity index (χ0n) is 15.0. The van der Waals surface area contributed by atoms with Crippen molar-refractivity contribution in [3.05, 3.63) is 69.1 Å². The van der Waals surface area contributed by atoms with E-state index in [4.69, 9.17) is 23.8 Å². The van der Waals surface area contributed by atoms with Gasteiger partial charge in [0.25, 0.3) is 0 Å². The number of fused-ring (bicyclic) bond motifs is 1. The predicted octanol–water partition coefficient (Wildman–Crippen LogP) is 5.72. The van der Waals surface area contributed by atoms with Gasteiger partial charge in [-0.3, -0.25) is 9.56 Å². The lowest BCUT2D eigenvalue weighted by atomic mass is 10.0. The minimum absolute atomic E-state index is 0.0887. The average molecular weight is 396 g/mol. The third-order valence-corrected chi connectivity index (χ3v) is 5.51. The van der Waals surface area contributed by atoms with Gasteiger partial charge in [0.1, 0.15) is 5.69 Å². The van der Waals surface area contributed by atoms with Crippen LogP contribution in [0.1, 0.15) is 23.7 Å². The number of rotatable bonds is 3. The first kappa shape index (κ1) is 17.8. The van der Waals surface area contributed by atoms with E-state index in [1.165, 1.54) is 5.56 Å². The van der Waals surface area contributed by atoms with Crippen LogP contribution >= 0.6 is 23.8 Å². The maximum absolute atomic E-state index is 10.9. The number of benzene rings is 2. The first-order valence-corrected chi connectivity index (χ1v) is 9.44. The van der Waals surface area contributed by atoms with Crippen LogP contribution in [0.3, 0.4) is 0 Å². The third kappa shape index (κ3) is 2.93. The highest BCUT2D eigenvalue weighted by atomic mass is 35.5. The molecule has 136 valence electrons. The van der Waals surface area contributed by atoms with E-state index >= 15 is 0 Å². The van der Waals surface area contributed by atoms with Gasteiger partial charge in [0.2, 0.25) is 5.88 Å². The van der Waals surface area contributed by atoms with Crippen LogP contribution < -0.4 is 0 Å². The van der Waals surface area contributed by atoms with Crippen LogP contribution in [0.4, 0.5) is 5.69 Å². The van der Waals surface area contributed by atoms with E-state index in [0.29, 0.717) is 15.5 Å². The summed E-state index contributed by atoms with van der Waals surface area (Å²) in [6.45, 7) is 2.12. The number of aromatic hydroxyl groups is 1. The van der Waals surface area contributed by atoms with Crippen molar-refractivity contribution in [2.45, 2.75) is 13.3 Å². The number of aryl methyl sites for hydroxylation is 1. The highest BCUT2D eigenvalue weighted by Gasteiger charge is 2.19. The molecule has 0 fully saturated rings. The minimum Gasteiger partial charge on any atom is -0.493 e. The normalized spacial score (nSPS) is 14.1. The molecule has 27 heavy (non-hydrogen) atoms. The fourth-order valence-corrected chi connectivity index (χ4v) is 3.74. The molecule has 0 atom stereocenters. The molecule has 4 nitrogen and oxygen atoms in total. The van der Waals surface area contributed by atoms with Gasteiger partial charge in [-0.2, -0.15) is 0 Å². The third-order valence-electron chi connectivity index (χ3n) is 4.80. The van der Waals surface area contributed by atoms with E-state index in [2.05, 4.69) is 24.0 Å². The lowest BCUT2D eigenvalue weighted by Crippen LogP contribution is -1.95. The number of para-hydroxylation sites is 1. The molecule has 1 aliphatic rings. The van der Waals surface area contributed by atoms with Crippen LogP contribution in [0.5, 0.6) is 5.88 Å². The van der Waals surface area contributed by atoms with E-state index in [1.807, 2.05) is 37.5 Å². The Morgan fingerprint density at radius 3 is 2.63 bits per heavy atom. The van der Waals surface area contributed by atoms with Crippen molar-refractivity contribution >= 4 is 47.4 Å². The molecule has 0 bridgehead atoms. The van der Waals surface area contributed by atoms with Gasteiger partial charge in [-0.05, 0) is 54.5 Å². The Hall–Kier alpha value is -2.63. The van der Waals surface area contributed by atoms with Gasteiger partial charge in [-0.1, -0.05) is 36.7 Å². The number of imidazole rings is 1. The molecule has 2 heterocycles. The number of hydrogen-bond acceptors (Lipinski definition) is 3. The van der Waals surface area contributed by atoms with E-state index in [0.717, 1.165) is 28.9 Å². The topological polar surface area (TPSA) is 42.5 Å². The van der Waals surface area contributed by atoms with Crippen LogP contribution in [0.2, 0.25) is 5.02 Å². The second-order valence-corrected chi connectivity index (χ2v) is 7.19. The molecule has 0 saturated heterocycles. The van der Waals surface area contributed by atoms with Crippen molar-refractivity contribution < 1.29 is 5.11 Å². The molecule has 1 N–H and O–H groups in total. The van der Waals surface area contributed by atoms with Gasteiger partial charge in [0, 0.05) is 29.4 Å². The largest absolute Gasteiger partial charge is 0.493 e. The van der Waals surface area contributed by atoms with Gasteiger partial charge in [-0.15, -0.1) is 0 Å². The number of nitrogens with zero attached hydrogens (tertiary/aromatic N) is 3. The summed E-state index contributed by atoms with van der Waals surface area (Å²) in [5, 5.41) is 11.5. The van der Waals surface area contributed by atoms with Crippen molar-refractivity contribution in [1.82, 2.24) is 9.13 Å². The number of hydrogen-bond donors (Lipinski definition) is 1. The number of aliphatic imine (C=N–C) groups is 1. The second-order valence-electron chi connectivity index (χ2n) is 6.39. The van der Waals surface area contributed by atoms with Crippen LogP contribution in [0.25, 0.3) is 17.3 Å². The van der Waals surface area contributed by atoms with Crippen LogP contribution in [0, 0.1) is 4.77 Å². The first-order valence-electron chi connectivity index (χ1n) is 8.66. The highest BCUT2D eigenvalue weighted by Crippen LogP contribution is 2.37. The Kier molecular flexibility index (Phi) is 4.50. The molecule has 3 aromatic rings. The smallest absolute Gasteiger partial charge is 0.222 e. The molecule has 1 aromatic heterocycles. The monoisotopic (exact) mass is 395 g/mol. The molecule has 0 saturated carbocycles. The summed E-state index contributed by atoms with van der Waals surface area (Å²) in [6.07, 6.45) is 4.69. The lowest BCUT2D eigenvalue weighted by Gasteiger charge is -2.05. The summed E-state index contributed by atoms with van der Waals surface area (Å²) >= 11 is 11.5. The summed E-state index contributed by atoms with van der Waals surface area (Å²) < 4.78 is 3.93. The minimum atomic E-state index is 0.0887. The Balaban J connectivity index is 1.85. The van der Waals surface area contributed by atoms with E-state index in [-0.39, 0.29) is 5.88 Å². The Bertz CT molecular complexity index is 1150. The van der Waals surface area contributed by atoms with Crippen LogP contribution in [-0.4, -0.2) is 20.5 Å². The summed E-state index contributed by atoms with van der Waals surface area (Å²) in [6, 6.07) is 13.4. The van der Waals surface area contributed by atoms with Crippen molar-refractivity contribution in [1.29, 1.82) is 0 Å². The predicted molar refractivity (Wildman–Crippen MR) is 114 cm³/mol. The standard InChI is InChI=1S/C21H18ClN3OS/c1-3-13-5-4-6-17-14(12-23-19(13)17)11-18-20(26)25(21(27)24(18)2)16-9-7-15(22)8-10-16/h4-12,26H,3H2,1-2H3. The van der Waals surface area contributed by atoms with Crippen molar-refractivity contribution in [3.63, 3.8) is 0 Å². The van der Waals surface area contributed by atoms with E-state index < -0.39 is 0 Å². The molecule has 2 aromatic carbocycles. The zero-order valence-corrected chi connectivity index (χ0v) is 16.6. The lowest BCUT2D eigenvalue weighted by molar-refractivity contribution is 0.440. The number of allylic oxidation sites excluding steroid dienone is 1. The fraction of sp³-hybridized carbons (Fsp3) is 0.143. The number of aromatic nitrogens is 2. The quantitative estimate of drug-likeness (QED) is 0.576. The maximum atomic E-state index is 10.9. The summed E-state index contributed by atoms with van der Waals surface area (Å²) in [4.78, 5) is 4.57. The molecule has 1 aliphatic heterocycles. The summed E-state index contributed by atoms with van der Waals surface area (Å²) in [7, 11) is 1.84. The molecule has 0 unspecified atom stereocenters. The maximum Gasteiger partial charge on any atom is 0.222 e. The van der Waals surface area contributed by atoms with Gasteiger partial charge in [-0.25, -0.2) is 0 Å². The molecule has 6 heteroatoms. The van der Waals surface area contributed by atoms with E-state index in [9.17, 15) is 5.11 Å². The molecule has 0 amide bonds. The van der Waals surface area contributed by atoms with Crippen molar-refractivity contribution in [2.24, 2.45) is 12.0 Å². The van der Waals surface area contributed by atoms with Gasteiger partial charge < -0.3 is 9.67 Å². The first-order chi connectivity index (χ1) is 13.0. The summed E-state index contributed by atoms with van der Waals surface area (Å²) in [5.74, 6) is 0.0887. The molecular weight excluding hydrogens is 378 g/mol. The van der Waals surface area contributed by atoms with Crippen LogP contribution in [-0.2, 0) is 13.5 Å². The molecule has 4 rings (SSSR count). The summed E-state index contributed by atoms with van der Waals surface area (Å²) in [5.41, 5.74) is 5.63. The zero-order chi connectivity index (χ0) is 19.1.